The molecule has 0 aliphatic rings. The number of nitrogens with zero attached hydrogens (tertiary/aromatic N) is 1. The van der Waals surface area contributed by atoms with Crippen molar-refractivity contribution in [1.29, 1.82) is 0 Å². The van der Waals surface area contributed by atoms with Gasteiger partial charge < -0.3 is 9.47 Å². The molecule has 0 spiro atoms. The van der Waals surface area contributed by atoms with Gasteiger partial charge in [-0.25, -0.2) is 0 Å². The van der Waals surface area contributed by atoms with Crippen molar-refractivity contribution in [2.24, 2.45) is 0 Å². The van der Waals surface area contributed by atoms with E-state index in [9.17, 15) is 10.1 Å². The molecule has 110 valence electrons. The highest BCUT2D eigenvalue weighted by Gasteiger charge is 2.14. The molecule has 0 saturated heterocycles. The molecular formula is C14H11BrClNO4. The van der Waals surface area contributed by atoms with Crippen LogP contribution in [0.15, 0.2) is 40.9 Å². The monoisotopic (exact) mass is 371 g/mol. The van der Waals surface area contributed by atoms with Crippen molar-refractivity contribution in [3.63, 3.8) is 0 Å². The van der Waals surface area contributed by atoms with Gasteiger partial charge in [0.25, 0.3) is 5.69 Å². The smallest absolute Gasteiger partial charge is 0.273 e. The molecule has 0 bridgehead atoms. The molecule has 0 atom stereocenters. The van der Waals surface area contributed by atoms with Gasteiger partial charge in [0.05, 0.1) is 22.6 Å². The first kappa shape index (κ1) is 15.6. The van der Waals surface area contributed by atoms with Crippen molar-refractivity contribution >= 4 is 33.2 Å². The highest BCUT2D eigenvalue weighted by Crippen LogP contribution is 2.37. The predicted octanol–water partition coefficient (Wildman–Crippen LogP) is 4.90. The molecule has 5 nitrogen and oxygen atoms in total. The molecule has 0 saturated carbocycles. The molecule has 2 aromatic rings. The highest BCUT2D eigenvalue weighted by molar-refractivity contribution is 9.10. The van der Waals surface area contributed by atoms with Gasteiger partial charge in [0.2, 0.25) is 0 Å². The van der Waals surface area contributed by atoms with Crippen molar-refractivity contribution in [3.8, 4) is 17.2 Å². The Hall–Kier alpha value is -1.79. The number of non-ortho nitro benzene ring substituents is 1. The second kappa shape index (κ2) is 6.78. The molecule has 0 aliphatic carbocycles. The maximum Gasteiger partial charge on any atom is 0.273 e. The van der Waals surface area contributed by atoms with Gasteiger partial charge in [-0.05, 0) is 39.7 Å². The standard InChI is InChI=1S/C14H11BrClNO4/c1-20-13-5-3-10(17(18)19)7-14(13)21-12-4-2-9(8-16)6-11(12)15/h2-7H,8H2,1H3. The average molecular weight is 373 g/mol. The van der Waals surface area contributed by atoms with Crippen molar-refractivity contribution in [2.75, 3.05) is 7.11 Å². The molecular weight excluding hydrogens is 362 g/mol. The van der Waals surface area contributed by atoms with E-state index >= 15 is 0 Å². The summed E-state index contributed by atoms with van der Waals surface area (Å²) in [6.07, 6.45) is 0. The van der Waals surface area contributed by atoms with E-state index in [2.05, 4.69) is 15.9 Å². The number of hydrogen-bond donors (Lipinski definition) is 0. The van der Waals surface area contributed by atoms with Crippen molar-refractivity contribution in [1.82, 2.24) is 0 Å². The molecule has 0 N–H and O–H groups in total. The van der Waals surface area contributed by atoms with Gasteiger partial charge in [-0.2, -0.15) is 0 Å². The van der Waals surface area contributed by atoms with E-state index < -0.39 is 4.92 Å². The summed E-state index contributed by atoms with van der Waals surface area (Å²) in [5, 5.41) is 10.8. The first-order chi connectivity index (χ1) is 10.0. The Balaban J connectivity index is 2.38. The molecule has 0 amide bonds. The SMILES string of the molecule is COc1ccc([N+](=O)[O-])cc1Oc1ccc(CCl)cc1Br. The summed E-state index contributed by atoms with van der Waals surface area (Å²) < 4.78 is 11.6. The normalized spacial score (nSPS) is 10.2. The van der Waals surface area contributed by atoms with E-state index in [-0.39, 0.29) is 11.4 Å². The Morgan fingerprint density at radius 3 is 2.48 bits per heavy atom. The van der Waals surface area contributed by atoms with Gasteiger partial charge in [0.15, 0.2) is 11.5 Å². The van der Waals surface area contributed by atoms with Gasteiger partial charge in [-0.1, -0.05) is 6.07 Å². The largest absolute Gasteiger partial charge is 0.493 e. The number of halogens is 2. The molecule has 7 heteroatoms. The highest BCUT2D eigenvalue weighted by atomic mass is 79.9. The third-order valence-electron chi connectivity index (χ3n) is 2.73. The molecule has 0 radical (unpaired) electrons. The Kier molecular flexibility index (Phi) is 5.03. The van der Waals surface area contributed by atoms with Crippen LogP contribution >= 0.6 is 27.5 Å². The lowest BCUT2D eigenvalue weighted by Gasteiger charge is -2.12. The summed E-state index contributed by atoms with van der Waals surface area (Å²) in [5.74, 6) is 1.58. The van der Waals surface area contributed by atoms with Crippen LogP contribution in [-0.4, -0.2) is 12.0 Å². The zero-order valence-corrected chi connectivity index (χ0v) is 13.3. The fraction of sp³-hybridized carbons (Fsp3) is 0.143. The zero-order chi connectivity index (χ0) is 15.4. The number of hydrogen-bond acceptors (Lipinski definition) is 4. The van der Waals surface area contributed by atoms with E-state index in [4.69, 9.17) is 21.1 Å². The molecule has 2 rings (SSSR count). The third kappa shape index (κ3) is 3.65. The maximum atomic E-state index is 10.8. The van der Waals surface area contributed by atoms with Gasteiger partial charge >= 0.3 is 0 Å². The van der Waals surface area contributed by atoms with Gasteiger partial charge in [0, 0.05) is 11.9 Å². The van der Waals surface area contributed by atoms with Crippen LogP contribution in [0.2, 0.25) is 0 Å². The number of alkyl halides is 1. The number of benzene rings is 2. The zero-order valence-electron chi connectivity index (χ0n) is 11.0. The Morgan fingerprint density at radius 2 is 1.90 bits per heavy atom. The number of rotatable bonds is 5. The fourth-order valence-corrected chi connectivity index (χ4v) is 2.36. The van der Waals surface area contributed by atoms with E-state index in [0.717, 1.165) is 5.56 Å². The number of ether oxygens (including phenoxy) is 2. The second-order valence-corrected chi connectivity index (χ2v) is 5.21. The van der Waals surface area contributed by atoms with Crippen LogP contribution in [0.25, 0.3) is 0 Å². The molecule has 0 unspecified atom stereocenters. The molecule has 0 fully saturated rings. The summed E-state index contributed by atoms with van der Waals surface area (Å²) >= 11 is 9.14. The van der Waals surface area contributed by atoms with Gasteiger partial charge in [-0.3, -0.25) is 10.1 Å². The first-order valence-electron chi connectivity index (χ1n) is 5.90. The maximum absolute atomic E-state index is 10.8. The van der Waals surface area contributed by atoms with Crippen LogP contribution in [0.1, 0.15) is 5.56 Å². The average Bonchev–Trinajstić information content (AvgIpc) is 2.49. The summed E-state index contributed by atoms with van der Waals surface area (Å²) in [4.78, 5) is 10.4. The van der Waals surface area contributed by atoms with Crippen LogP contribution in [0.5, 0.6) is 17.2 Å². The van der Waals surface area contributed by atoms with E-state index in [1.54, 1.807) is 6.07 Å². The van der Waals surface area contributed by atoms with E-state index in [1.807, 2.05) is 12.1 Å². The quantitative estimate of drug-likeness (QED) is 0.425. The lowest BCUT2D eigenvalue weighted by molar-refractivity contribution is -0.384. The summed E-state index contributed by atoms with van der Waals surface area (Å²) in [6, 6.07) is 9.55. The summed E-state index contributed by atoms with van der Waals surface area (Å²) in [5.41, 5.74) is 0.862. The molecule has 21 heavy (non-hydrogen) atoms. The van der Waals surface area contributed by atoms with Crippen molar-refractivity contribution in [3.05, 3.63) is 56.5 Å². The number of nitro benzene ring substituents is 1. The molecule has 0 heterocycles. The van der Waals surface area contributed by atoms with Gasteiger partial charge in [-0.15, -0.1) is 11.6 Å². The summed E-state index contributed by atoms with van der Waals surface area (Å²) in [6.45, 7) is 0. The minimum absolute atomic E-state index is 0.0701. The topological polar surface area (TPSA) is 61.6 Å². The van der Waals surface area contributed by atoms with Crippen LogP contribution < -0.4 is 9.47 Å². The predicted molar refractivity (Wildman–Crippen MR) is 83.4 cm³/mol. The lowest BCUT2D eigenvalue weighted by atomic mass is 10.2. The number of methoxy groups -OCH3 is 1. The molecule has 2 aromatic carbocycles. The van der Waals surface area contributed by atoms with Crippen molar-refractivity contribution in [2.45, 2.75) is 5.88 Å². The first-order valence-corrected chi connectivity index (χ1v) is 7.22. The number of nitro groups is 1. The van der Waals surface area contributed by atoms with Crippen LogP contribution in [-0.2, 0) is 5.88 Å². The van der Waals surface area contributed by atoms with E-state index in [0.29, 0.717) is 21.9 Å². The van der Waals surface area contributed by atoms with Crippen LogP contribution in [0.4, 0.5) is 5.69 Å². The molecule has 0 aromatic heterocycles. The fourth-order valence-electron chi connectivity index (χ4n) is 1.69. The Labute approximate surface area is 134 Å². The minimum atomic E-state index is -0.488. The minimum Gasteiger partial charge on any atom is -0.493 e. The molecule has 0 aliphatic heterocycles. The Bertz CT molecular complexity index is 678. The third-order valence-corrected chi connectivity index (χ3v) is 3.66. The second-order valence-electron chi connectivity index (χ2n) is 4.09. The van der Waals surface area contributed by atoms with E-state index in [1.165, 1.54) is 25.3 Å². The lowest BCUT2D eigenvalue weighted by Crippen LogP contribution is -1.94. The van der Waals surface area contributed by atoms with Crippen LogP contribution in [0.3, 0.4) is 0 Å². The van der Waals surface area contributed by atoms with Crippen molar-refractivity contribution < 1.29 is 14.4 Å². The summed E-state index contributed by atoms with van der Waals surface area (Å²) in [7, 11) is 1.47. The Morgan fingerprint density at radius 1 is 1.19 bits per heavy atom. The van der Waals surface area contributed by atoms with Gasteiger partial charge in [0.1, 0.15) is 5.75 Å². The van der Waals surface area contributed by atoms with Crippen LogP contribution in [0, 0.1) is 10.1 Å².